The Morgan fingerprint density at radius 1 is 1.15 bits per heavy atom. The van der Waals surface area contributed by atoms with Gasteiger partial charge < -0.3 is 39.6 Å². The van der Waals surface area contributed by atoms with Gasteiger partial charge in [0.25, 0.3) is 0 Å². The molecule has 1 aromatic heterocycles. The number of aliphatic carboxylic acids is 1. The Morgan fingerprint density at radius 2 is 1.94 bits per heavy atom. The highest BCUT2D eigenvalue weighted by Gasteiger charge is 2.61. The van der Waals surface area contributed by atoms with E-state index in [1.54, 1.807) is 53.2 Å². The van der Waals surface area contributed by atoms with Crippen LogP contribution in [0.2, 0.25) is 0 Å². The van der Waals surface area contributed by atoms with Gasteiger partial charge in [-0.15, -0.1) is 0 Å². The molecule has 13 heteroatoms. The number of methoxy groups -OCH3 is 2. The molecule has 5 atom stereocenters. The molecule has 3 N–H and O–H groups in total. The minimum atomic E-state index is -1.44. The quantitative estimate of drug-likeness (QED) is 0.366. The molecule has 260 valence electrons. The summed E-state index contributed by atoms with van der Waals surface area (Å²) in [5.74, 6) is -1.39. The summed E-state index contributed by atoms with van der Waals surface area (Å²) in [4.78, 5) is 59.6. The van der Waals surface area contributed by atoms with E-state index in [1.807, 2.05) is 18.2 Å². The summed E-state index contributed by atoms with van der Waals surface area (Å²) in [5, 5.41) is 16.4. The van der Waals surface area contributed by atoms with E-state index in [9.17, 15) is 24.3 Å². The summed E-state index contributed by atoms with van der Waals surface area (Å²) < 4.78 is 22.7. The van der Waals surface area contributed by atoms with Gasteiger partial charge in [-0.1, -0.05) is 25.0 Å². The number of allylic oxidation sites excluding steroid dienone is 1. The van der Waals surface area contributed by atoms with Gasteiger partial charge in [0.1, 0.15) is 40.8 Å². The molecule has 13 nitrogen and oxygen atoms in total. The van der Waals surface area contributed by atoms with Crippen LogP contribution in [-0.4, -0.2) is 89.0 Å². The first-order chi connectivity index (χ1) is 22.8. The molecule has 1 saturated heterocycles. The zero-order chi connectivity index (χ0) is 34.6. The van der Waals surface area contributed by atoms with Crippen molar-refractivity contribution in [2.45, 2.75) is 102 Å². The van der Waals surface area contributed by atoms with E-state index < -0.39 is 53.2 Å². The number of amides is 3. The first kappa shape index (κ1) is 34.9. The lowest BCUT2D eigenvalue weighted by atomic mass is 10.0. The number of hydrogen-bond donors (Lipinski definition) is 3. The number of carbonyl (C=O) groups is 4. The van der Waals surface area contributed by atoms with Gasteiger partial charge in [-0.2, -0.15) is 0 Å². The van der Waals surface area contributed by atoms with Gasteiger partial charge in [0, 0.05) is 37.0 Å². The summed E-state index contributed by atoms with van der Waals surface area (Å²) in [5.41, 5.74) is -0.976. The van der Waals surface area contributed by atoms with E-state index in [2.05, 4.69) is 15.6 Å². The van der Waals surface area contributed by atoms with E-state index in [-0.39, 0.29) is 31.9 Å². The third kappa shape index (κ3) is 8.00. The molecule has 2 fully saturated rings. The number of rotatable bonds is 7. The number of aromatic nitrogens is 1. The molecule has 4 unspecified atom stereocenters. The second-order valence-electron chi connectivity index (χ2n) is 13.8. The summed E-state index contributed by atoms with van der Waals surface area (Å²) in [7, 11) is 3.13. The highest BCUT2D eigenvalue weighted by atomic mass is 16.6. The van der Waals surface area contributed by atoms with Crippen LogP contribution in [0, 0.1) is 5.92 Å². The largest absolute Gasteiger partial charge is 0.497 e. The van der Waals surface area contributed by atoms with E-state index in [0.717, 1.165) is 19.3 Å². The Bertz CT molecular complexity index is 1570. The summed E-state index contributed by atoms with van der Waals surface area (Å²) in [6.07, 6.45) is 6.21. The van der Waals surface area contributed by atoms with Crippen molar-refractivity contribution in [2.24, 2.45) is 5.92 Å². The van der Waals surface area contributed by atoms with Crippen molar-refractivity contribution in [1.82, 2.24) is 20.5 Å². The lowest BCUT2D eigenvalue weighted by Gasteiger charge is -2.30. The number of carbonyl (C=O) groups excluding carboxylic acids is 3. The number of hydrogen-bond acceptors (Lipinski definition) is 9. The van der Waals surface area contributed by atoms with Gasteiger partial charge in [-0.05, 0) is 58.6 Å². The summed E-state index contributed by atoms with van der Waals surface area (Å²) >= 11 is 0. The van der Waals surface area contributed by atoms with Crippen molar-refractivity contribution >= 4 is 34.8 Å². The molecule has 5 rings (SSSR count). The lowest BCUT2D eigenvalue weighted by Crippen LogP contribution is -2.56. The normalized spacial score (nSPS) is 27.1. The Labute approximate surface area is 280 Å². The first-order valence-electron chi connectivity index (χ1n) is 16.5. The van der Waals surface area contributed by atoms with Crippen LogP contribution in [0.25, 0.3) is 10.9 Å². The number of fused-ring (bicyclic) bond motifs is 3. The maximum absolute atomic E-state index is 14.3. The standard InChI is InChI=1S/C35H46N4O9/c1-34(2,3)48-33(44)37-26-12-10-8-6-7-9-11-21-18-35(21,32(42)43)38-30(40)28-17-24(19-39(28)31(26)41)47-29-15-22(20-45-4)36-27-16-23(46-5)13-14-25(27)29/h9,11,13-16,21,24,26,28H,6-8,10,12,17-20H2,1-5H3,(H,37,44)(H,38,40)(H,42,43)/b11-9-/t21?,24-,26?,28?,35?/m1/s1. The molecule has 2 aromatic rings. The second kappa shape index (κ2) is 14.4. The van der Waals surface area contributed by atoms with Gasteiger partial charge in [0.15, 0.2) is 0 Å². The molecule has 0 spiro atoms. The van der Waals surface area contributed by atoms with Gasteiger partial charge in [0.05, 0.1) is 31.5 Å². The van der Waals surface area contributed by atoms with E-state index >= 15 is 0 Å². The van der Waals surface area contributed by atoms with Crippen LogP contribution in [0.1, 0.15) is 71.4 Å². The molecule has 1 aliphatic carbocycles. The molecule has 3 amide bonds. The van der Waals surface area contributed by atoms with Crippen LogP contribution in [0.3, 0.4) is 0 Å². The lowest BCUT2D eigenvalue weighted by molar-refractivity contribution is -0.145. The number of alkyl carbamates (subject to hydrolysis) is 1. The molecule has 3 heterocycles. The highest BCUT2D eigenvalue weighted by Crippen LogP contribution is 2.45. The van der Waals surface area contributed by atoms with Gasteiger partial charge in [-0.25, -0.2) is 14.6 Å². The summed E-state index contributed by atoms with van der Waals surface area (Å²) in [6.45, 7) is 5.48. The van der Waals surface area contributed by atoms with Crippen molar-refractivity contribution in [3.05, 3.63) is 42.1 Å². The van der Waals surface area contributed by atoms with Crippen LogP contribution in [0.4, 0.5) is 4.79 Å². The zero-order valence-corrected chi connectivity index (χ0v) is 28.2. The van der Waals surface area contributed by atoms with E-state index in [4.69, 9.17) is 18.9 Å². The number of carboxylic acid groups (broad SMARTS) is 1. The van der Waals surface area contributed by atoms with Gasteiger partial charge in [0.2, 0.25) is 11.8 Å². The average molecular weight is 667 g/mol. The first-order valence-corrected chi connectivity index (χ1v) is 16.5. The fourth-order valence-electron chi connectivity index (χ4n) is 6.45. The number of nitrogens with zero attached hydrogens (tertiary/aromatic N) is 2. The second-order valence-corrected chi connectivity index (χ2v) is 13.8. The number of nitrogens with one attached hydrogen (secondary N) is 2. The maximum atomic E-state index is 14.3. The van der Waals surface area contributed by atoms with Crippen molar-refractivity contribution in [2.75, 3.05) is 20.8 Å². The minimum absolute atomic E-state index is 0.0341. The molecule has 48 heavy (non-hydrogen) atoms. The van der Waals surface area contributed by atoms with Crippen molar-refractivity contribution in [3.8, 4) is 11.5 Å². The van der Waals surface area contributed by atoms with Crippen LogP contribution >= 0.6 is 0 Å². The summed E-state index contributed by atoms with van der Waals surface area (Å²) in [6, 6.07) is 5.18. The molecule has 1 saturated carbocycles. The Kier molecular flexibility index (Phi) is 10.5. The Hall–Kier alpha value is -4.39. The highest BCUT2D eigenvalue weighted by molar-refractivity contribution is 5.96. The average Bonchev–Trinajstić information content (AvgIpc) is 3.55. The number of pyridine rings is 1. The maximum Gasteiger partial charge on any atom is 0.408 e. The Balaban J connectivity index is 1.47. The minimum Gasteiger partial charge on any atom is -0.497 e. The predicted molar refractivity (Wildman–Crippen MR) is 176 cm³/mol. The third-order valence-electron chi connectivity index (χ3n) is 8.93. The fourth-order valence-corrected chi connectivity index (χ4v) is 6.45. The molecule has 0 radical (unpaired) electrons. The molecular formula is C35H46N4O9. The van der Waals surface area contributed by atoms with Gasteiger partial charge >= 0.3 is 12.1 Å². The monoisotopic (exact) mass is 666 g/mol. The molecule has 3 aliphatic rings. The Morgan fingerprint density at radius 3 is 2.65 bits per heavy atom. The molecule has 2 aliphatic heterocycles. The van der Waals surface area contributed by atoms with Gasteiger partial charge in [-0.3, -0.25) is 9.59 Å². The fraction of sp³-hybridized carbons (Fsp3) is 0.571. The van der Waals surface area contributed by atoms with Crippen LogP contribution in [-0.2, 0) is 30.5 Å². The van der Waals surface area contributed by atoms with Crippen LogP contribution in [0.15, 0.2) is 36.4 Å². The topological polar surface area (TPSA) is 166 Å². The number of carboxylic acids is 1. The van der Waals surface area contributed by atoms with E-state index in [0.29, 0.717) is 40.9 Å². The molecular weight excluding hydrogens is 620 g/mol. The predicted octanol–water partition coefficient (Wildman–Crippen LogP) is 4.11. The van der Waals surface area contributed by atoms with Crippen LogP contribution in [0.5, 0.6) is 11.5 Å². The van der Waals surface area contributed by atoms with Crippen molar-refractivity contribution < 1.29 is 43.2 Å². The van der Waals surface area contributed by atoms with Crippen LogP contribution < -0.4 is 20.1 Å². The van der Waals surface area contributed by atoms with Crippen molar-refractivity contribution in [3.63, 3.8) is 0 Å². The smallest absolute Gasteiger partial charge is 0.408 e. The third-order valence-corrected chi connectivity index (χ3v) is 8.93. The molecule has 1 aromatic carbocycles. The number of benzene rings is 1. The molecule has 0 bridgehead atoms. The van der Waals surface area contributed by atoms with E-state index in [1.165, 1.54) is 4.90 Å². The SMILES string of the molecule is COCc1cc(O[C@@H]2CC3C(=O)NC4(C(=O)O)CC4/C=C\CCCCCC(NC(=O)OC(C)(C)C)C(=O)N3C2)c2ccc(OC)cc2n1. The van der Waals surface area contributed by atoms with Crippen molar-refractivity contribution in [1.29, 1.82) is 0 Å². The number of ether oxygens (including phenoxy) is 4. The zero-order valence-electron chi connectivity index (χ0n) is 28.2.